The molecule has 1 N–H and O–H groups in total. The van der Waals surface area contributed by atoms with Crippen LogP contribution in [0.25, 0.3) is 0 Å². The van der Waals surface area contributed by atoms with Crippen molar-refractivity contribution in [2.75, 3.05) is 20.2 Å². The van der Waals surface area contributed by atoms with Crippen molar-refractivity contribution in [1.29, 1.82) is 0 Å². The van der Waals surface area contributed by atoms with Gasteiger partial charge in [-0.25, -0.2) is 0 Å². The van der Waals surface area contributed by atoms with Crippen LogP contribution in [0.2, 0.25) is 0 Å². The SMILES string of the molecule is CN(O)CC1COC(C)(C)O1. The highest BCUT2D eigenvalue weighted by molar-refractivity contribution is 4.71. The molecule has 4 heteroatoms. The molecule has 1 rings (SSSR count). The highest BCUT2D eigenvalue weighted by Gasteiger charge is 2.32. The molecule has 1 atom stereocenters. The van der Waals surface area contributed by atoms with Gasteiger partial charge < -0.3 is 14.7 Å². The molecule has 0 bridgehead atoms. The molecule has 1 saturated heterocycles. The van der Waals surface area contributed by atoms with Gasteiger partial charge in [0.1, 0.15) is 0 Å². The second-order valence-corrected chi connectivity index (χ2v) is 3.29. The first-order valence-electron chi connectivity index (χ1n) is 3.71. The molecule has 0 amide bonds. The zero-order valence-corrected chi connectivity index (χ0v) is 7.20. The minimum Gasteiger partial charge on any atom is -0.348 e. The molecule has 1 unspecified atom stereocenters. The summed E-state index contributed by atoms with van der Waals surface area (Å²) in [5, 5.41) is 9.99. The first-order valence-corrected chi connectivity index (χ1v) is 3.71. The van der Waals surface area contributed by atoms with Crippen molar-refractivity contribution >= 4 is 0 Å². The predicted molar refractivity (Wildman–Crippen MR) is 39.3 cm³/mol. The fourth-order valence-electron chi connectivity index (χ4n) is 1.15. The molecule has 0 spiro atoms. The lowest BCUT2D eigenvalue weighted by Crippen LogP contribution is -2.30. The Bertz CT molecular complexity index is 136. The Morgan fingerprint density at radius 2 is 2.27 bits per heavy atom. The standard InChI is InChI=1S/C7H15NO3/c1-7(2)10-5-6(11-7)4-8(3)9/h6,9H,4-5H2,1-3H3. The van der Waals surface area contributed by atoms with Gasteiger partial charge >= 0.3 is 0 Å². The van der Waals surface area contributed by atoms with Gasteiger partial charge in [0.25, 0.3) is 0 Å². The van der Waals surface area contributed by atoms with Crippen LogP contribution in [0.15, 0.2) is 0 Å². The van der Waals surface area contributed by atoms with Crippen LogP contribution < -0.4 is 0 Å². The molecule has 1 aliphatic rings. The first-order chi connectivity index (χ1) is 4.99. The fraction of sp³-hybridized carbons (Fsp3) is 1.00. The normalized spacial score (nSPS) is 29.7. The molecule has 66 valence electrons. The highest BCUT2D eigenvalue weighted by Crippen LogP contribution is 2.22. The van der Waals surface area contributed by atoms with Crippen molar-refractivity contribution in [3.8, 4) is 0 Å². The van der Waals surface area contributed by atoms with Gasteiger partial charge in [0.2, 0.25) is 0 Å². The van der Waals surface area contributed by atoms with E-state index in [-0.39, 0.29) is 6.10 Å². The summed E-state index contributed by atoms with van der Waals surface area (Å²) < 4.78 is 10.7. The summed E-state index contributed by atoms with van der Waals surface area (Å²) in [6.07, 6.45) is -0.0139. The van der Waals surface area contributed by atoms with Crippen LogP contribution in [0.1, 0.15) is 13.8 Å². The summed E-state index contributed by atoms with van der Waals surface area (Å²) in [5.74, 6) is -0.485. The third kappa shape index (κ3) is 2.75. The Kier molecular flexibility index (Phi) is 2.49. The summed E-state index contributed by atoms with van der Waals surface area (Å²) in [5.41, 5.74) is 0. The Balaban J connectivity index is 2.31. The molecular formula is C7H15NO3. The maximum Gasteiger partial charge on any atom is 0.163 e. The van der Waals surface area contributed by atoms with Crippen LogP contribution in [0.3, 0.4) is 0 Å². The van der Waals surface area contributed by atoms with E-state index < -0.39 is 5.79 Å². The molecule has 0 aromatic carbocycles. The molecule has 0 aliphatic carbocycles. The predicted octanol–water partition coefficient (Wildman–Crippen LogP) is 0.459. The lowest BCUT2D eigenvalue weighted by Gasteiger charge is -2.18. The highest BCUT2D eigenvalue weighted by atomic mass is 16.7. The maximum absolute atomic E-state index is 8.88. The summed E-state index contributed by atoms with van der Waals surface area (Å²) >= 11 is 0. The lowest BCUT2D eigenvalue weighted by molar-refractivity contribution is -0.154. The van der Waals surface area contributed by atoms with Crippen LogP contribution >= 0.6 is 0 Å². The van der Waals surface area contributed by atoms with Crippen molar-refractivity contribution in [1.82, 2.24) is 5.06 Å². The van der Waals surface area contributed by atoms with Crippen LogP contribution in [-0.2, 0) is 9.47 Å². The summed E-state index contributed by atoms with van der Waals surface area (Å²) in [6.45, 7) is 4.77. The van der Waals surface area contributed by atoms with E-state index in [1.54, 1.807) is 7.05 Å². The van der Waals surface area contributed by atoms with Gasteiger partial charge in [0, 0.05) is 7.05 Å². The smallest absolute Gasteiger partial charge is 0.163 e. The van der Waals surface area contributed by atoms with Gasteiger partial charge in [0.05, 0.1) is 19.3 Å². The van der Waals surface area contributed by atoms with Crippen LogP contribution in [0.5, 0.6) is 0 Å². The van der Waals surface area contributed by atoms with E-state index in [2.05, 4.69) is 0 Å². The zero-order chi connectivity index (χ0) is 8.48. The number of rotatable bonds is 2. The topological polar surface area (TPSA) is 41.9 Å². The Hall–Kier alpha value is -0.160. The van der Waals surface area contributed by atoms with Gasteiger partial charge in [-0.15, -0.1) is 0 Å². The fourth-order valence-corrected chi connectivity index (χ4v) is 1.15. The number of hydrogen-bond acceptors (Lipinski definition) is 4. The molecule has 0 aromatic rings. The lowest BCUT2D eigenvalue weighted by atomic mass is 10.4. The van der Waals surface area contributed by atoms with Crippen LogP contribution in [0, 0.1) is 0 Å². The third-order valence-corrected chi connectivity index (χ3v) is 1.54. The van der Waals surface area contributed by atoms with Gasteiger partial charge in [0.15, 0.2) is 5.79 Å². The Labute approximate surface area is 66.7 Å². The van der Waals surface area contributed by atoms with E-state index >= 15 is 0 Å². The van der Waals surface area contributed by atoms with Gasteiger partial charge in [-0.3, -0.25) is 0 Å². The summed E-state index contributed by atoms with van der Waals surface area (Å²) in [6, 6.07) is 0. The third-order valence-electron chi connectivity index (χ3n) is 1.54. The van der Waals surface area contributed by atoms with E-state index in [9.17, 15) is 0 Å². The number of ether oxygens (including phenoxy) is 2. The van der Waals surface area contributed by atoms with Gasteiger partial charge in [-0.2, -0.15) is 5.06 Å². The van der Waals surface area contributed by atoms with E-state index in [4.69, 9.17) is 14.7 Å². The van der Waals surface area contributed by atoms with E-state index in [1.165, 1.54) is 0 Å². The van der Waals surface area contributed by atoms with Crippen molar-refractivity contribution < 1.29 is 14.7 Å². The minimum atomic E-state index is -0.485. The van der Waals surface area contributed by atoms with E-state index in [0.717, 1.165) is 5.06 Å². The molecular weight excluding hydrogens is 146 g/mol. The average molecular weight is 161 g/mol. The maximum atomic E-state index is 8.88. The molecule has 0 saturated carbocycles. The van der Waals surface area contributed by atoms with Crippen molar-refractivity contribution in [2.24, 2.45) is 0 Å². The largest absolute Gasteiger partial charge is 0.348 e. The minimum absolute atomic E-state index is 0.0139. The van der Waals surface area contributed by atoms with E-state index in [1.807, 2.05) is 13.8 Å². The number of hydroxylamine groups is 2. The second kappa shape index (κ2) is 3.06. The molecule has 11 heavy (non-hydrogen) atoms. The van der Waals surface area contributed by atoms with Crippen molar-refractivity contribution in [3.05, 3.63) is 0 Å². The Morgan fingerprint density at radius 3 is 2.64 bits per heavy atom. The summed E-state index contributed by atoms with van der Waals surface area (Å²) in [4.78, 5) is 0. The molecule has 1 fully saturated rings. The second-order valence-electron chi connectivity index (χ2n) is 3.29. The number of likely N-dealkylation sites (N-methyl/N-ethyl adjacent to an activating group) is 1. The Morgan fingerprint density at radius 1 is 1.64 bits per heavy atom. The van der Waals surface area contributed by atoms with E-state index in [0.29, 0.717) is 13.2 Å². The molecule has 0 radical (unpaired) electrons. The quantitative estimate of drug-likeness (QED) is 0.597. The van der Waals surface area contributed by atoms with Gasteiger partial charge in [-0.1, -0.05) is 0 Å². The monoisotopic (exact) mass is 161 g/mol. The van der Waals surface area contributed by atoms with Crippen LogP contribution in [0.4, 0.5) is 0 Å². The number of hydrogen-bond donors (Lipinski definition) is 1. The van der Waals surface area contributed by atoms with Gasteiger partial charge in [-0.05, 0) is 13.8 Å². The molecule has 4 nitrogen and oxygen atoms in total. The van der Waals surface area contributed by atoms with Crippen molar-refractivity contribution in [2.45, 2.75) is 25.7 Å². The number of nitrogens with zero attached hydrogens (tertiary/aromatic N) is 1. The molecule has 1 heterocycles. The first kappa shape index (κ1) is 8.93. The summed E-state index contributed by atoms with van der Waals surface area (Å²) in [7, 11) is 1.59. The molecule has 0 aromatic heterocycles. The average Bonchev–Trinajstić information content (AvgIpc) is 2.08. The molecule has 1 aliphatic heterocycles. The van der Waals surface area contributed by atoms with Crippen LogP contribution in [-0.4, -0.2) is 42.4 Å². The van der Waals surface area contributed by atoms with Crippen molar-refractivity contribution in [3.63, 3.8) is 0 Å². The zero-order valence-electron chi connectivity index (χ0n) is 7.20.